The summed E-state index contributed by atoms with van der Waals surface area (Å²) in [5, 5.41) is 14.3. The molecule has 9 rings (SSSR count). The molecule has 0 radical (unpaired) electrons. The van der Waals surface area contributed by atoms with E-state index in [0.717, 1.165) is 68.2 Å². The number of halogens is 3. The standard InChI is InChI=1S/C51H57ClF2N8O7/c1-29-41-39(27-36(53)44(52)43(41)42-34(47(55)64)17-18-37(67-3)45(42)54)69-51(29,31-9-5-4-6-10-31)28-57-32-15-13-30(14-16-32)49(65)56-22-8-23-61-24-19-33(20-25-61)68-38-12-7-11-35-46(38)60(2)59-48(35)62-26-21-40(63)58-50(62)66/h4-7,9-12,17-18,27,29-30,32-33,57H,8,13-16,19-26,28H2,1-3H3,(H2,55,64)(H,56,65)(H,58,63,66)/t29-,30?,32?,51-/m0/s1. The predicted molar refractivity (Wildman–Crippen MR) is 257 cm³/mol. The van der Waals surface area contributed by atoms with Crippen LogP contribution in [0.4, 0.5) is 19.4 Å². The van der Waals surface area contributed by atoms with Crippen molar-refractivity contribution in [1.29, 1.82) is 0 Å². The largest absolute Gasteiger partial charge is 0.494 e. The number of imide groups is 1. The zero-order valence-corrected chi connectivity index (χ0v) is 39.7. The highest BCUT2D eigenvalue weighted by Crippen LogP contribution is 2.56. The van der Waals surface area contributed by atoms with Crippen molar-refractivity contribution in [3.63, 3.8) is 0 Å². The van der Waals surface area contributed by atoms with E-state index in [4.69, 9.17) is 31.5 Å². The van der Waals surface area contributed by atoms with Crippen LogP contribution in [0.25, 0.3) is 22.0 Å². The van der Waals surface area contributed by atoms with Crippen LogP contribution in [-0.2, 0) is 22.2 Å². The van der Waals surface area contributed by atoms with Crippen LogP contribution in [0.5, 0.6) is 17.2 Å². The van der Waals surface area contributed by atoms with Crippen molar-refractivity contribution in [2.75, 3.05) is 51.3 Å². The molecule has 5 amide bonds. The van der Waals surface area contributed by atoms with Gasteiger partial charge in [0, 0.05) is 92.2 Å². The number of ether oxygens (including phenoxy) is 3. The molecular weight excluding hydrogens is 910 g/mol. The Labute approximate surface area is 403 Å². The molecule has 4 aromatic carbocycles. The second-order valence-electron chi connectivity index (χ2n) is 18.5. The van der Waals surface area contributed by atoms with E-state index in [-0.39, 0.29) is 76.1 Å². The first-order chi connectivity index (χ1) is 33.3. The highest BCUT2D eigenvalue weighted by atomic mass is 35.5. The monoisotopic (exact) mass is 966 g/mol. The zero-order valence-electron chi connectivity index (χ0n) is 38.9. The summed E-state index contributed by atoms with van der Waals surface area (Å²) >= 11 is 6.68. The first kappa shape index (κ1) is 47.8. The molecule has 3 fully saturated rings. The lowest BCUT2D eigenvalue weighted by molar-refractivity contribution is -0.126. The number of benzene rings is 4. The smallest absolute Gasteiger partial charge is 0.329 e. The van der Waals surface area contributed by atoms with E-state index in [9.17, 15) is 19.2 Å². The minimum Gasteiger partial charge on any atom is -0.494 e. The molecule has 0 unspecified atom stereocenters. The van der Waals surface area contributed by atoms with Crippen LogP contribution in [-0.4, -0.2) is 97.0 Å². The molecular formula is C51H57ClF2N8O7. The number of nitrogens with one attached hydrogen (secondary N) is 3. The number of nitrogens with zero attached hydrogens (tertiary/aromatic N) is 4. The predicted octanol–water partition coefficient (Wildman–Crippen LogP) is 7.32. The van der Waals surface area contributed by atoms with Gasteiger partial charge in [0.15, 0.2) is 23.0 Å². The summed E-state index contributed by atoms with van der Waals surface area (Å²) in [5.74, 6) is -2.25. The van der Waals surface area contributed by atoms with Gasteiger partial charge < -0.3 is 35.5 Å². The molecule has 1 aromatic heterocycles. The first-order valence-corrected chi connectivity index (χ1v) is 24.1. The minimum absolute atomic E-state index is 0.0109. The average molecular weight is 968 g/mol. The number of likely N-dealkylation sites (tertiary alicyclic amines) is 1. The third kappa shape index (κ3) is 9.31. The fourth-order valence-corrected chi connectivity index (χ4v) is 10.9. The van der Waals surface area contributed by atoms with Crippen molar-refractivity contribution in [3.05, 3.63) is 100 Å². The molecule has 2 atom stereocenters. The Bertz CT molecular complexity index is 2780. The number of para-hydroxylation sites is 1. The molecule has 1 aliphatic carbocycles. The van der Waals surface area contributed by atoms with Crippen LogP contribution < -0.4 is 40.8 Å². The molecule has 69 heavy (non-hydrogen) atoms. The molecule has 2 saturated heterocycles. The quantitative estimate of drug-likeness (QED) is 0.0777. The third-order valence-electron chi connectivity index (χ3n) is 14.4. The van der Waals surface area contributed by atoms with Gasteiger partial charge in [-0.15, -0.1) is 0 Å². The Balaban J connectivity index is 0.764. The number of hydrogen-bond donors (Lipinski definition) is 4. The van der Waals surface area contributed by atoms with Crippen molar-refractivity contribution in [3.8, 4) is 28.4 Å². The number of urea groups is 1. The summed E-state index contributed by atoms with van der Waals surface area (Å²) in [6, 6.07) is 18.7. The van der Waals surface area contributed by atoms with Gasteiger partial charge in [0.2, 0.25) is 17.7 Å². The molecule has 15 nitrogen and oxygen atoms in total. The van der Waals surface area contributed by atoms with E-state index in [0.29, 0.717) is 43.1 Å². The summed E-state index contributed by atoms with van der Waals surface area (Å²) in [6.07, 6.45) is 5.71. The van der Waals surface area contributed by atoms with Gasteiger partial charge in [-0.1, -0.05) is 54.9 Å². The van der Waals surface area contributed by atoms with E-state index >= 15 is 8.78 Å². The Morgan fingerprint density at radius 3 is 2.43 bits per heavy atom. The second-order valence-corrected chi connectivity index (χ2v) is 18.9. The lowest BCUT2D eigenvalue weighted by Crippen LogP contribution is -2.49. The molecule has 1 saturated carbocycles. The number of aryl methyl sites for hydroxylation is 1. The Hall–Kier alpha value is -6.30. The van der Waals surface area contributed by atoms with Crippen molar-refractivity contribution in [1.82, 2.24) is 30.6 Å². The van der Waals surface area contributed by atoms with E-state index in [2.05, 4.69) is 25.9 Å². The number of carbonyl (C=O) groups excluding carboxylic acids is 4. The lowest BCUT2D eigenvalue weighted by Gasteiger charge is -2.37. The van der Waals surface area contributed by atoms with Crippen LogP contribution in [0.1, 0.15) is 85.7 Å². The molecule has 3 aliphatic heterocycles. The summed E-state index contributed by atoms with van der Waals surface area (Å²) in [4.78, 5) is 54.2. The van der Waals surface area contributed by atoms with Crippen LogP contribution in [0.3, 0.4) is 0 Å². The number of piperidine rings is 1. The summed E-state index contributed by atoms with van der Waals surface area (Å²) in [5.41, 5.74) is 6.27. The number of primary amides is 1. The van der Waals surface area contributed by atoms with Crippen LogP contribution in [0, 0.1) is 17.6 Å². The summed E-state index contributed by atoms with van der Waals surface area (Å²) in [6.45, 7) is 5.69. The van der Waals surface area contributed by atoms with Crippen molar-refractivity contribution < 1.29 is 42.2 Å². The van der Waals surface area contributed by atoms with Crippen LogP contribution >= 0.6 is 11.6 Å². The Morgan fingerprint density at radius 2 is 1.72 bits per heavy atom. The third-order valence-corrected chi connectivity index (χ3v) is 14.8. The Morgan fingerprint density at radius 1 is 0.971 bits per heavy atom. The van der Waals surface area contributed by atoms with Crippen molar-refractivity contribution in [2.45, 2.75) is 82.0 Å². The average Bonchev–Trinajstić information content (AvgIpc) is 3.83. The van der Waals surface area contributed by atoms with Gasteiger partial charge in [0.25, 0.3) is 0 Å². The fourth-order valence-electron chi connectivity index (χ4n) is 10.7. The summed E-state index contributed by atoms with van der Waals surface area (Å²) in [7, 11) is 3.12. The number of methoxy groups -OCH3 is 1. The second kappa shape index (κ2) is 20.0. The number of anilines is 1. The highest BCUT2D eigenvalue weighted by molar-refractivity contribution is 6.34. The van der Waals surface area contributed by atoms with Gasteiger partial charge in [-0.05, 0) is 81.3 Å². The number of nitrogens with two attached hydrogens (primary N) is 1. The molecule has 18 heteroatoms. The molecule has 5 N–H and O–H groups in total. The normalized spacial score (nSPS) is 22.0. The van der Waals surface area contributed by atoms with Gasteiger partial charge in [0.05, 0.1) is 17.7 Å². The SMILES string of the molecule is COc1ccc(C(N)=O)c(-c2c(Cl)c(F)cc3c2[C@H](C)[C@@](CNC2CCC(C(=O)NCCCN4CCC(Oc5cccc6c(N7CCC(=O)NC7=O)nn(C)c56)CC4)CC2)(c2ccccc2)O3)c1F. The van der Waals surface area contributed by atoms with Gasteiger partial charge in [-0.3, -0.25) is 29.3 Å². The van der Waals surface area contributed by atoms with E-state index in [1.54, 1.807) is 4.68 Å². The molecule has 0 spiro atoms. The van der Waals surface area contributed by atoms with Gasteiger partial charge in [0.1, 0.15) is 28.9 Å². The molecule has 364 valence electrons. The summed E-state index contributed by atoms with van der Waals surface area (Å²) < 4.78 is 52.2. The molecule has 5 aromatic rings. The number of hydrogen-bond acceptors (Lipinski definition) is 10. The van der Waals surface area contributed by atoms with Gasteiger partial charge in [-0.2, -0.15) is 5.10 Å². The maximum absolute atomic E-state index is 16.2. The van der Waals surface area contributed by atoms with Crippen LogP contribution in [0.15, 0.2) is 66.7 Å². The van der Waals surface area contributed by atoms with Crippen LogP contribution in [0.2, 0.25) is 5.02 Å². The molecule has 0 bridgehead atoms. The highest BCUT2D eigenvalue weighted by Gasteiger charge is 2.50. The van der Waals surface area contributed by atoms with Crippen molar-refractivity contribution >= 4 is 52.1 Å². The number of aromatic nitrogens is 2. The van der Waals surface area contributed by atoms with E-state index in [1.165, 1.54) is 30.2 Å². The van der Waals surface area contributed by atoms with E-state index < -0.39 is 35.1 Å². The first-order valence-electron chi connectivity index (χ1n) is 23.7. The topological polar surface area (TPSA) is 182 Å². The van der Waals surface area contributed by atoms with E-state index in [1.807, 2.05) is 62.5 Å². The Kier molecular flexibility index (Phi) is 13.8. The lowest BCUT2D eigenvalue weighted by atomic mass is 9.77. The maximum Gasteiger partial charge on any atom is 0.329 e. The number of amides is 5. The van der Waals surface area contributed by atoms with Gasteiger partial charge >= 0.3 is 6.03 Å². The van der Waals surface area contributed by atoms with Gasteiger partial charge in [-0.25, -0.2) is 13.6 Å². The molecule has 4 heterocycles. The maximum atomic E-state index is 16.2. The fraction of sp³-hybridized carbons (Fsp3) is 0.431. The van der Waals surface area contributed by atoms with Crippen molar-refractivity contribution in [2.24, 2.45) is 18.7 Å². The number of carbonyl (C=O) groups is 4. The molecule has 4 aliphatic rings. The minimum atomic E-state index is -1.08. The number of rotatable bonds is 15. The zero-order chi connectivity index (χ0) is 48.6. The number of fused-ring (bicyclic) bond motifs is 2.